The quantitative estimate of drug-likeness (QED) is 0.126. The minimum atomic E-state index is -0.406. The normalized spacial score (nSPS) is 15.5. The Morgan fingerprint density at radius 1 is 0.703 bits per heavy atom. The zero-order chi connectivity index (χ0) is 44.1. The minimum absolute atomic E-state index is 0.151. The fourth-order valence-corrected chi connectivity index (χ4v) is 9.26. The number of aliphatic hydroxyl groups is 1. The zero-order valence-corrected chi connectivity index (χ0v) is 35.8. The number of nitrogens with zero attached hydrogens (tertiary/aromatic N) is 8. The Balaban J connectivity index is 0.907. The minimum Gasteiger partial charge on any atom is -0.390 e. The van der Waals surface area contributed by atoms with Crippen LogP contribution in [-0.4, -0.2) is 82.9 Å². The van der Waals surface area contributed by atoms with Gasteiger partial charge in [0, 0.05) is 85.7 Å². The van der Waals surface area contributed by atoms with E-state index in [2.05, 4.69) is 73.0 Å². The second kappa shape index (κ2) is 16.9. The zero-order valence-electron chi connectivity index (χ0n) is 35.8. The summed E-state index contributed by atoms with van der Waals surface area (Å²) in [5.74, 6) is 0.0826. The summed E-state index contributed by atoms with van der Waals surface area (Å²) in [7, 11) is 5.91. The van der Waals surface area contributed by atoms with Crippen molar-refractivity contribution in [2.45, 2.75) is 38.5 Å². The number of rotatable bonds is 10. The van der Waals surface area contributed by atoms with Gasteiger partial charge in [-0.3, -0.25) is 23.9 Å². The predicted molar refractivity (Wildman–Crippen MR) is 245 cm³/mol. The molecule has 0 saturated carbocycles. The predicted octanol–water partition coefficient (Wildman–Crippen LogP) is 7.70. The second-order valence-electron chi connectivity index (χ2n) is 17.0. The highest BCUT2D eigenvalue weighted by Crippen LogP contribution is 2.39. The highest BCUT2D eigenvalue weighted by Gasteiger charge is 2.28. The number of carbonyl (C=O) groups excluding carboxylic acids is 2. The van der Waals surface area contributed by atoms with Gasteiger partial charge in [0.25, 0.3) is 11.8 Å². The van der Waals surface area contributed by atoms with Crippen molar-refractivity contribution >= 4 is 45.0 Å². The Morgan fingerprint density at radius 2 is 1.39 bits per heavy atom. The van der Waals surface area contributed by atoms with Crippen LogP contribution in [0.15, 0.2) is 110 Å². The van der Waals surface area contributed by atoms with Crippen LogP contribution in [0.5, 0.6) is 0 Å². The van der Waals surface area contributed by atoms with Gasteiger partial charge in [-0.1, -0.05) is 24.3 Å². The third-order valence-electron chi connectivity index (χ3n) is 12.8. The molecular formula is C50H47FN10O3. The van der Waals surface area contributed by atoms with Crippen molar-refractivity contribution < 1.29 is 19.1 Å². The number of hydrogen-bond acceptors (Lipinski definition) is 9. The maximum Gasteiger partial charge on any atom is 0.256 e. The van der Waals surface area contributed by atoms with E-state index in [4.69, 9.17) is 4.98 Å². The molecule has 4 aromatic heterocycles. The van der Waals surface area contributed by atoms with Crippen LogP contribution in [0.4, 0.5) is 16.0 Å². The lowest BCUT2D eigenvalue weighted by Crippen LogP contribution is -2.27. The van der Waals surface area contributed by atoms with E-state index < -0.39 is 5.82 Å². The number of halogens is 1. The molecule has 4 aromatic carbocycles. The van der Waals surface area contributed by atoms with E-state index in [-0.39, 0.29) is 24.3 Å². The first-order valence-electron chi connectivity index (χ1n) is 21.4. The molecule has 2 aliphatic heterocycles. The number of aryl methyl sites for hydroxylation is 2. The molecule has 1 saturated heterocycles. The number of anilines is 2. The molecule has 10 rings (SSSR count). The van der Waals surface area contributed by atoms with Gasteiger partial charge in [0.15, 0.2) is 0 Å². The Kier molecular flexibility index (Phi) is 10.8. The summed E-state index contributed by atoms with van der Waals surface area (Å²) in [4.78, 5) is 40.4. The topological polar surface area (TPSA) is 146 Å². The molecule has 3 N–H and O–H groups in total. The first-order chi connectivity index (χ1) is 31.1. The molecule has 322 valence electrons. The van der Waals surface area contributed by atoms with E-state index in [1.165, 1.54) is 35.4 Å². The second-order valence-corrected chi connectivity index (χ2v) is 17.0. The summed E-state index contributed by atoms with van der Waals surface area (Å²) in [6, 6.07) is 25.6. The molecule has 2 aliphatic rings. The number of fused-ring (bicyclic) bond motifs is 3. The Bertz CT molecular complexity index is 3110. The number of pyridine rings is 2. The van der Waals surface area contributed by atoms with Crippen LogP contribution >= 0.6 is 0 Å². The van der Waals surface area contributed by atoms with Crippen LogP contribution < -0.4 is 10.6 Å². The van der Waals surface area contributed by atoms with Gasteiger partial charge < -0.3 is 20.6 Å². The van der Waals surface area contributed by atoms with Crippen molar-refractivity contribution in [3.8, 4) is 22.3 Å². The summed E-state index contributed by atoms with van der Waals surface area (Å²) in [5.41, 5.74) is 10.2. The van der Waals surface area contributed by atoms with Crippen molar-refractivity contribution in [2.75, 3.05) is 37.3 Å². The van der Waals surface area contributed by atoms with E-state index in [1.54, 1.807) is 17.1 Å². The summed E-state index contributed by atoms with van der Waals surface area (Å²) in [6.45, 7) is 4.04. The molecule has 1 fully saturated rings. The summed E-state index contributed by atoms with van der Waals surface area (Å²) in [6.07, 6.45) is 9.14. The molecule has 13 nitrogen and oxygen atoms in total. The number of hydrogen-bond donors (Lipinski definition) is 3. The lowest BCUT2D eigenvalue weighted by Gasteiger charge is -2.25. The molecule has 14 heteroatoms. The van der Waals surface area contributed by atoms with Gasteiger partial charge in [-0.05, 0) is 132 Å². The standard InChI is InChI=1S/C50H47FN10O3/c1-58-14-12-31-16-33(5-7-35(31)26-58)50(64)57-48-21-39-18-38(44-25-55-60(3)46(44)29-62)19-41(42(39)23-53-48)36-13-15-61(27-36)28-45-43(24-54-59(45)2)32-4-6-34-22-52-47(20-37(34)17-32)56-49(63)30-8-10-40(51)11-9-30/h4-11,16-25,36,62H,12-15,26-29H2,1-3H3,(H,52,56,63)(H,53,57,64). The number of likely N-dealkylation sites (tertiary alicyclic amines) is 1. The fraction of sp³-hybridized carbons (Fsp3) is 0.240. The number of carbonyl (C=O) groups is 2. The van der Waals surface area contributed by atoms with Crippen LogP contribution in [0.25, 0.3) is 43.8 Å². The molecule has 2 amide bonds. The number of nitrogens with one attached hydrogen (secondary N) is 2. The highest BCUT2D eigenvalue weighted by molar-refractivity contribution is 6.06. The molecule has 8 aromatic rings. The maximum absolute atomic E-state index is 13.6. The van der Waals surface area contributed by atoms with Crippen LogP contribution in [0.2, 0.25) is 0 Å². The van der Waals surface area contributed by atoms with Crippen LogP contribution in [0.3, 0.4) is 0 Å². The van der Waals surface area contributed by atoms with E-state index >= 15 is 0 Å². The Morgan fingerprint density at radius 3 is 2.17 bits per heavy atom. The maximum atomic E-state index is 13.6. The lowest BCUT2D eigenvalue weighted by molar-refractivity contribution is 0.101. The summed E-state index contributed by atoms with van der Waals surface area (Å²) >= 11 is 0. The molecule has 0 bridgehead atoms. The monoisotopic (exact) mass is 854 g/mol. The third kappa shape index (κ3) is 8.02. The molecule has 64 heavy (non-hydrogen) atoms. The number of amides is 2. The van der Waals surface area contributed by atoms with E-state index in [1.807, 2.05) is 61.5 Å². The molecule has 6 heterocycles. The number of aliphatic hydroxyl groups excluding tert-OH is 1. The fourth-order valence-electron chi connectivity index (χ4n) is 9.26. The summed E-state index contributed by atoms with van der Waals surface area (Å²) in [5, 5.41) is 29.2. The van der Waals surface area contributed by atoms with Gasteiger partial charge >= 0.3 is 0 Å². The van der Waals surface area contributed by atoms with Crippen LogP contribution in [0.1, 0.15) is 61.1 Å². The van der Waals surface area contributed by atoms with Crippen LogP contribution in [-0.2, 0) is 40.2 Å². The number of benzene rings is 4. The lowest BCUT2D eigenvalue weighted by atomic mass is 9.90. The SMILES string of the molecule is CN1CCc2cc(C(=O)Nc3cc4cc(-c5cnn(C)c5CO)cc(C5CCN(Cc6c(-c7ccc8cnc(NC(=O)c9ccc(F)cc9)cc8c7)cnn6C)C5)c4cn3)ccc2C1. The Hall–Kier alpha value is -7.13. The number of aromatic nitrogens is 6. The van der Waals surface area contributed by atoms with E-state index in [0.717, 1.165) is 99.8 Å². The molecule has 0 radical (unpaired) electrons. The highest BCUT2D eigenvalue weighted by atomic mass is 19.1. The van der Waals surface area contributed by atoms with Crippen molar-refractivity contribution in [1.29, 1.82) is 0 Å². The first-order valence-corrected chi connectivity index (χ1v) is 21.4. The van der Waals surface area contributed by atoms with Gasteiger partial charge in [-0.15, -0.1) is 0 Å². The summed E-state index contributed by atoms with van der Waals surface area (Å²) < 4.78 is 17.1. The molecule has 1 atom stereocenters. The van der Waals surface area contributed by atoms with Crippen molar-refractivity contribution in [1.82, 2.24) is 39.3 Å². The third-order valence-corrected chi connectivity index (χ3v) is 12.8. The van der Waals surface area contributed by atoms with Crippen LogP contribution in [0, 0.1) is 5.82 Å². The van der Waals surface area contributed by atoms with Gasteiger partial charge in [0.05, 0.1) is 30.4 Å². The first kappa shape index (κ1) is 40.9. The Labute approximate surface area is 369 Å². The van der Waals surface area contributed by atoms with Gasteiger partial charge in [-0.25, -0.2) is 14.4 Å². The van der Waals surface area contributed by atoms with Gasteiger partial charge in [0.2, 0.25) is 0 Å². The molecule has 1 unspecified atom stereocenters. The van der Waals surface area contributed by atoms with Crippen molar-refractivity contribution in [3.05, 3.63) is 155 Å². The van der Waals surface area contributed by atoms with Crippen molar-refractivity contribution in [3.63, 3.8) is 0 Å². The average molecular weight is 855 g/mol. The number of likely N-dealkylation sites (N-methyl/N-ethyl adjacent to an activating group) is 1. The molecule has 0 spiro atoms. The average Bonchev–Trinajstić information content (AvgIpc) is 4.03. The van der Waals surface area contributed by atoms with Crippen molar-refractivity contribution in [2.24, 2.45) is 14.1 Å². The van der Waals surface area contributed by atoms with Gasteiger partial charge in [0.1, 0.15) is 17.5 Å². The molecular weight excluding hydrogens is 808 g/mol. The van der Waals surface area contributed by atoms with E-state index in [9.17, 15) is 19.1 Å². The van der Waals surface area contributed by atoms with E-state index in [0.29, 0.717) is 29.3 Å². The smallest absolute Gasteiger partial charge is 0.256 e. The largest absolute Gasteiger partial charge is 0.390 e. The van der Waals surface area contributed by atoms with Gasteiger partial charge in [-0.2, -0.15) is 10.2 Å². The molecule has 0 aliphatic carbocycles.